The lowest BCUT2D eigenvalue weighted by atomic mass is 10.0. The van der Waals surface area contributed by atoms with E-state index in [0.29, 0.717) is 12.1 Å². The van der Waals surface area contributed by atoms with E-state index in [1.54, 1.807) is 0 Å². The molecule has 2 nitrogen and oxygen atoms in total. The highest BCUT2D eigenvalue weighted by molar-refractivity contribution is 5.52. The molecular formula is C15H24N2. The summed E-state index contributed by atoms with van der Waals surface area (Å²) >= 11 is 0. The van der Waals surface area contributed by atoms with E-state index >= 15 is 0 Å². The highest BCUT2D eigenvalue weighted by Gasteiger charge is 2.21. The van der Waals surface area contributed by atoms with Crippen LogP contribution in [-0.2, 0) is 6.42 Å². The summed E-state index contributed by atoms with van der Waals surface area (Å²) in [6.07, 6.45) is 3.67. The Labute approximate surface area is 105 Å². The average molecular weight is 232 g/mol. The third-order valence-electron chi connectivity index (χ3n) is 4.15. The van der Waals surface area contributed by atoms with Crippen molar-refractivity contribution in [3.63, 3.8) is 0 Å². The minimum atomic E-state index is 0.650. The fourth-order valence-corrected chi connectivity index (χ4v) is 2.56. The lowest BCUT2D eigenvalue weighted by Crippen LogP contribution is -2.42. The molecule has 2 rings (SSSR count). The fraction of sp³-hybridized carbons (Fsp3) is 0.600. The molecule has 1 N–H and O–H groups in total. The predicted molar refractivity (Wildman–Crippen MR) is 74.6 cm³/mol. The summed E-state index contributed by atoms with van der Waals surface area (Å²) in [5, 5.41) is 3.59. The molecule has 0 amide bonds. The first-order chi connectivity index (χ1) is 8.22. The van der Waals surface area contributed by atoms with Gasteiger partial charge in [0, 0.05) is 24.3 Å². The van der Waals surface area contributed by atoms with Gasteiger partial charge in [-0.1, -0.05) is 25.1 Å². The van der Waals surface area contributed by atoms with E-state index in [1.165, 1.54) is 30.5 Å². The average Bonchev–Trinajstić information content (AvgIpc) is 2.59. The van der Waals surface area contributed by atoms with Gasteiger partial charge in [0.25, 0.3) is 0 Å². The second-order valence-corrected chi connectivity index (χ2v) is 5.15. The van der Waals surface area contributed by atoms with Crippen LogP contribution in [0, 0.1) is 0 Å². The van der Waals surface area contributed by atoms with E-state index in [1.807, 2.05) is 0 Å². The van der Waals surface area contributed by atoms with Crippen molar-refractivity contribution < 1.29 is 0 Å². The summed E-state index contributed by atoms with van der Waals surface area (Å²) < 4.78 is 0. The Morgan fingerprint density at radius 2 is 2.18 bits per heavy atom. The van der Waals surface area contributed by atoms with E-state index in [-0.39, 0.29) is 0 Å². The van der Waals surface area contributed by atoms with Gasteiger partial charge in [-0.2, -0.15) is 0 Å². The summed E-state index contributed by atoms with van der Waals surface area (Å²) in [4.78, 5) is 2.53. The number of nitrogens with zero attached hydrogens (tertiary/aromatic N) is 1. The molecule has 0 radical (unpaired) electrons. The number of fused-ring (bicyclic) bond motifs is 1. The number of likely N-dealkylation sites (N-methyl/N-ethyl adjacent to an activating group) is 1. The zero-order valence-corrected chi connectivity index (χ0v) is 11.2. The minimum absolute atomic E-state index is 0.650. The van der Waals surface area contributed by atoms with Crippen LogP contribution in [0.25, 0.3) is 0 Å². The minimum Gasteiger partial charge on any atom is -0.383 e. The molecule has 0 saturated heterocycles. The third kappa shape index (κ3) is 2.81. The number of rotatable bonds is 3. The highest BCUT2D eigenvalue weighted by Crippen LogP contribution is 2.23. The molecule has 1 aromatic carbocycles. The van der Waals surface area contributed by atoms with E-state index in [0.717, 1.165) is 6.54 Å². The molecule has 2 unspecified atom stereocenters. The molecule has 2 heteroatoms. The quantitative estimate of drug-likeness (QED) is 0.861. The van der Waals surface area contributed by atoms with Crippen LogP contribution in [0.5, 0.6) is 0 Å². The van der Waals surface area contributed by atoms with Gasteiger partial charge in [0.1, 0.15) is 0 Å². The van der Waals surface area contributed by atoms with Crippen LogP contribution in [0.1, 0.15) is 32.3 Å². The molecule has 0 spiro atoms. The Balaban J connectivity index is 2.04. The van der Waals surface area contributed by atoms with Crippen molar-refractivity contribution in [2.24, 2.45) is 0 Å². The van der Waals surface area contributed by atoms with Gasteiger partial charge in [-0.05, 0) is 44.9 Å². The Bertz CT molecular complexity index is 335. The molecule has 0 fully saturated rings. The fourth-order valence-electron chi connectivity index (χ4n) is 2.56. The van der Waals surface area contributed by atoms with Crippen molar-refractivity contribution >= 4 is 5.69 Å². The van der Waals surface area contributed by atoms with Gasteiger partial charge >= 0.3 is 0 Å². The summed E-state index contributed by atoms with van der Waals surface area (Å²) in [6, 6.07) is 10.0. The molecule has 1 heterocycles. The summed E-state index contributed by atoms with van der Waals surface area (Å²) in [7, 11) is 2.26. The van der Waals surface area contributed by atoms with E-state index in [2.05, 4.69) is 55.4 Å². The van der Waals surface area contributed by atoms with Crippen LogP contribution in [0.15, 0.2) is 24.3 Å². The van der Waals surface area contributed by atoms with Crippen LogP contribution < -0.4 is 5.32 Å². The molecule has 94 valence electrons. The van der Waals surface area contributed by atoms with Crippen molar-refractivity contribution in [3.8, 4) is 0 Å². The van der Waals surface area contributed by atoms with E-state index < -0.39 is 0 Å². The molecule has 1 aliphatic rings. The van der Waals surface area contributed by atoms with Gasteiger partial charge in [0.05, 0.1) is 0 Å². The maximum absolute atomic E-state index is 3.59. The maximum Gasteiger partial charge on any atom is 0.0373 e. The Hall–Kier alpha value is -1.02. The van der Waals surface area contributed by atoms with Crippen LogP contribution in [0.2, 0.25) is 0 Å². The number of aryl methyl sites for hydroxylation is 1. The number of benzene rings is 1. The lowest BCUT2D eigenvalue weighted by Gasteiger charge is -2.32. The van der Waals surface area contributed by atoms with Crippen molar-refractivity contribution in [1.29, 1.82) is 0 Å². The van der Waals surface area contributed by atoms with Gasteiger partial charge in [-0.15, -0.1) is 0 Å². The topological polar surface area (TPSA) is 15.3 Å². The summed E-state index contributed by atoms with van der Waals surface area (Å²) in [5.74, 6) is 0. The van der Waals surface area contributed by atoms with Crippen LogP contribution in [0.4, 0.5) is 5.69 Å². The van der Waals surface area contributed by atoms with Gasteiger partial charge in [0.2, 0.25) is 0 Å². The monoisotopic (exact) mass is 232 g/mol. The highest BCUT2D eigenvalue weighted by atomic mass is 15.2. The number of hydrogen-bond acceptors (Lipinski definition) is 2. The molecule has 0 saturated carbocycles. The molecule has 0 aromatic heterocycles. The largest absolute Gasteiger partial charge is 0.383 e. The van der Waals surface area contributed by atoms with Crippen LogP contribution >= 0.6 is 0 Å². The Morgan fingerprint density at radius 3 is 2.94 bits per heavy atom. The first-order valence-corrected chi connectivity index (χ1v) is 6.76. The second kappa shape index (κ2) is 5.54. The molecule has 1 aliphatic heterocycles. The van der Waals surface area contributed by atoms with Crippen molar-refractivity contribution in [1.82, 2.24) is 4.90 Å². The van der Waals surface area contributed by atoms with E-state index in [4.69, 9.17) is 0 Å². The van der Waals surface area contributed by atoms with Crippen molar-refractivity contribution in [3.05, 3.63) is 29.8 Å². The van der Waals surface area contributed by atoms with Gasteiger partial charge in [-0.3, -0.25) is 4.90 Å². The number of hydrogen-bond donors (Lipinski definition) is 1. The Morgan fingerprint density at radius 1 is 1.41 bits per heavy atom. The molecular weight excluding hydrogens is 208 g/mol. The molecule has 17 heavy (non-hydrogen) atoms. The SMILES string of the molecule is CCC(C)N(C)C1CCc2ccccc2NC1. The number of nitrogens with one attached hydrogen (secondary N) is 1. The standard InChI is InChI=1S/C15H24N2/c1-4-12(2)17(3)14-10-9-13-7-5-6-8-15(13)16-11-14/h5-8,12,14,16H,4,9-11H2,1-3H3. The zero-order chi connectivity index (χ0) is 12.3. The van der Waals surface area contributed by atoms with E-state index in [9.17, 15) is 0 Å². The van der Waals surface area contributed by atoms with Crippen LogP contribution in [-0.4, -0.2) is 30.6 Å². The number of anilines is 1. The Kier molecular flexibility index (Phi) is 4.06. The van der Waals surface area contributed by atoms with Crippen molar-refractivity contribution in [2.75, 3.05) is 18.9 Å². The van der Waals surface area contributed by atoms with Gasteiger partial charge < -0.3 is 5.32 Å². The predicted octanol–water partition coefficient (Wildman–Crippen LogP) is 3.14. The molecule has 2 atom stereocenters. The lowest BCUT2D eigenvalue weighted by molar-refractivity contribution is 0.180. The molecule has 0 bridgehead atoms. The smallest absolute Gasteiger partial charge is 0.0373 e. The zero-order valence-electron chi connectivity index (χ0n) is 11.2. The first kappa shape index (κ1) is 12.4. The van der Waals surface area contributed by atoms with Crippen molar-refractivity contribution in [2.45, 2.75) is 45.2 Å². The van der Waals surface area contributed by atoms with Gasteiger partial charge in [0.15, 0.2) is 0 Å². The third-order valence-corrected chi connectivity index (χ3v) is 4.15. The summed E-state index contributed by atoms with van der Waals surface area (Å²) in [5.41, 5.74) is 2.79. The molecule has 1 aromatic rings. The first-order valence-electron chi connectivity index (χ1n) is 6.76. The van der Waals surface area contributed by atoms with Gasteiger partial charge in [-0.25, -0.2) is 0 Å². The number of para-hydroxylation sites is 1. The van der Waals surface area contributed by atoms with Crippen LogP contribution in [0.3, 0.4) is 0 Å². The maximum atomic E-state index is 3.59. The normalized spacial score (nSPS) is 21.5. The second-order valence-electron chi connectivity index (χ2n) is 5.15. The summed E-state index contributed by atoms with van der Waals surface area (Å²) in [6.45, 7) is 5.65. The molecule has 0 aliphatic carbocycles.